The number of rotatable bonds is 4. The van der Waals surface area contributed by atoms with Gasteiger partial charge < -0.3 is 9.84 Å². The average molecular weight is 282 g/mol. The van der Waals surface area contributed by atoms with Crippen LogP contribution in [0, 0.1) is 0 Å². The molecule has 0 radical (unpaired) electrons. The van der Waals surface area contributed by atoms with Gasteiger partial charge in [0.05, 0.1) is 11.6 Å². The summed E-state index contributed by atoms with van der Waals surface area (Å²) < 4.78 is 5.45. The Hall–Kier alpha value is -1.13. The molecule has 0 aliphatic carbocycles. The maximum atomic E-state index is 9.35. The first-order valence-corrected chi connectivity index (χ1v) is 6.13. The summed E-state index contributed by atoms with van der Waals surface area (Å²) >= 11 is 3.19. The van der Waals surface area contributed by atoms with Crippen LogP contribution in [-0.2, 0) is 0 Å². The Morgan fingerprint density at radius 3 is 3.06 bits per heavy atom. The zero-order valence-electron chi connectivity index (χ0n) is 8.64. The second-order valence-corrected chi connectivity index (χ2v) is 4.12. The molecule has 0 fully saturated rings. The van der Waals surface area contributed by atoms with Gasteiger partial charge in [0.1, 0.15) is 12.4 Å². The summed E-state index contributed by atoms with van der Waals surface area (Å²) in [6.07, 6.45) is 1.26. The van der Waals surface area contributed by atoms with Crippen LogP contribution < -0.4 is 4.74 Å². The Morgan fingerprint density at radius 2 is 2.25 bits per heavy atom. The van der Waals surface area contributed by atoms with Gasteiger partial charge >= 0.3 is 0 Å². The van der Waals surface area contributed by atoms with Gasteiger partial charge in [-0.3, -0.25) is 4.98 Å². The highest BCUT2D eigenvalue weighted by Gasteiger charge is 2.03. The van der Waals surface area contributed by atoms with Crippen molar-refractivity contribution in [3.05, 3.63) is 36.5 Å². The Labute approximate surface area is 102 Å². The Bertz CT molecular complexity index is 475. The van der Waals surface area contributed by atoms with E-state index in [-0.39, 0.29) is 6.61 Å². The van der Waals surface area contributed by atoms with Crippen molar-refractivity contribution < 1.29 is 9.84 Å². The first-order valence-electron chi connectivity index (χ1n) is 5.01. The standard InChI is InChI=1S/C12H12BrNO2/c13-7-10(15)8-16-11-4-3-9-2-1-5-14-12(9)6-11/h1-6,10,15H,7-8H2. The molecule has 84 valence electrons. The molecule has 0 spiro atoms. The minimum atomic E-state index is -0.487. The predicted octanol–water partition coefficient (Wildman–Crippen LogP) is 2.37. The third-order valence-electron chi connectivity index (χ3n) is 2.20. The van der Waals surface area contributed by atoms with E-state index in [9.17, 15) is 5.11 Å². The van der Waals surface area contributed by atoms with Crippen molar-refractivity contribution >= 4 is 26.8 Å². The van der Waals surface area contributed by atoms with Crippen LogP contribution in [0.5, 0.6) is 5.75 Å². The van der Waals surface area contributed by atoms with Crippen LogP contribution >= 0.6 is 15.9 Å². The number of fused-ring (bicyclic) bond motifs is 1. The third kappa shape index (κ3) is 2.71. The molecule has 1 heterocycles. The van der Waals surface area contributed by atoms with Crippen molar-refractivity contribution in [1.29, 1.82) is 0 Å². The molecule has 1 aromatic heterocycles. The molecule has 0 saturated heterocycles. The number of aliphatic hydroxyl groups is 1. The molecule has 0 aliphatic heterocycles. The fraction of sp³-hybridized carbons (Fsp3) is 0.250. The lowest BCUT2D eigenvalue weighted by Gasteiger charge is -2.09. The van der Waals surface area contributed by atoms with Crippen molar-refractivity contribution in [3.8, 4) is 5.75 Å². The molecule has 1 N–H and O–H groups in total. The number of alkyl halides is 1. The Balaban J connectivity index is 2.13. The summed E-state index contributed by atoms with van der Waals surface area (Å²) in [5.74, 6) is 0.728. The van der Waals surface area contributed by atoms with Gasteiger partial charge in [-0.05, 0) is 18.2 Å². The van der Waals surface area contributed by atoms with E-state index in [0.717, 1.165) is 16.7 Å². The van der Waals surface area contributed by atoms with Gasteiger partial charge in [0.25, 0.3) is 0 Å². The summed E-state index contributed by atoms with van der Waals surface area (Å²) in [5.41, 5.74) is 0.897. The molecule has 4 heteroatoms. The number of nitrogens with zero attached hydrogens (tertiary/aromatic N) is 1. The topological polar surface area (TPSA) is 42.4 Å². The summed E-state index contributed by atoms with van der Waals surface area (Å²) in [7, 11) is 0. The lowest BCUT2D eigenvalue weighted by atomic mass is 10.2. The van der Waals surface area contributed by atoms with Crippen LogP contribution in [-0.4, -0.2) is 28.1 Å². The molecule has 0 bridgehead atoms. The van der Waals surface area contributed by atoms with Crippen molar-refractivity contribution in [2.75, 3.05) is 11.9 Å². The van der Waals surface area contributed by atoms with Gasteiger partial charge in [0.15, 0.2) is 0 Å². The van der Waals surface area contributed by atoms with E-state index in [1.807, 2.05) is 30.3 Å². The molecule has 1 aromatic carbocycles. The van der Waals surface area contributed by atoms with Gasteiger partial charge in [-0.2, -0.15) is 0 Å². The van der Waals surface area contributed by atoms with Gasteiger partial charge in [-0.1, -0.05) is 22.0 Å². The molecule has 1 atom stereocenters. The number of aliphatic hydroxyl groups excluding tert-OH is 1. The fourth-order valence-electron chi connectivity index (χ4n) is 1.37. The van der Waals surface area contributed by atoms with Crippen molar-refractivity contribution in [2.45, 2.75) is 6.10 Å². The average Bonchev–Trinajstić information content (AvgIpc) is 2.35. The number of pyridine rings is 1. The fourth-order valence-corrected chi connectivity index (χ4v) is 1.56. The van der Waals surface area contributed by atoms with E-state index in [1.165, 1.54) is 0 Å². The molecular weight excluding hydrogens is 270 g/mol. The molecule has 0 saturated carbocycles. The minimum absolute atomic E-state index is 0.281. The Morgan fingerprint density at radius 1 is 1.38 bits per heavy atom. The van der Waals surface area contributed by atoms with E-state index >= 15 is 0 Å². The number of halogens is 1. The molecule has 1 unspecified atom stereocenters. The normalized spacial score (nSPS) is 12.6. The van der Waals surface area contributed by atoms with Crippen LogP contribution in [0.15, 0.2) is 36.5 Å². The maximum Gasteiger partial charge on any atom is 0.121 e. The van der Waals surface area contributed by atoms with Gasteiger partial charge in [-0.25, -0.2) is 0 Å². The van der Waals surface area contributed by atoms with Crippen molar-refractivity contribution in [2.24, 2.45) is 0 Å². The second kappa shape index (κ2) is 5.27. The van der Waals surface area contributed by atoms with Gasteiger partial charge in [-0.15, -0.1) is 0 Å². The minimum Gasteiger partial charge on any atom is -0.491 e. The zero-order chi connectivity index (χ0) is 11.4. The van der Waals surface area contributed by atoms with Crippen molar-refractivity contribution in [3.63, 3.8) is 0 Å². The molecule has 0 amide bonds. The SMILES string of the molecule is OC(CBr)COc1ccc2cccnc2c1. The van der Waals surface area contributed by atoms with E-state index in [0.29, 0.717) is 5.33 Å². The molecule has 3 nitrogen and oxygen atoms in total. The largest absolute Gasteiger partial charge is 0.491 e. The molecular formula is C12H12BrNO2. The van der Waals surface area contributed by atoms with Crippen molar-refractivity contribution in [1.82, 2.24) is 4.98 Å². The highest BCUT2D eigenvalue weighted by Crippen LogP contribution is 2.18. The smallest absolute Gasteiger partial charge is 0.121 e. The lowest BCUT2D eigenvalue weighted by molar-refractivity contribution is 0.127. The highest BCUT2D eigenvalue weighted by atomic mass is 79.9. The maximum absolute atomic E-state index is 9.35. The van der Waals surface area contributed by atoms with E-state index in [2.05, 4.69) is 20.9 Å². The quantitative estimate of drug-likeness (QED) is 0.875. The zero-order valence-corrected chi connectivity index (χ0v) is 10.2. The number of ether oxygens (including phenoxy) is 1. The molecule has 2 rings (SSSR count). The number of hydrogen-bond donors (Lipinski definition) is 1. The van der Waals surface area contributed by atoms with E-state index < -0.39 is 6.10 Å². The number of aromatic nitrogens is 1. The summed E-state index contributed by atoms with van der Waals surface area (Å²) in [6, 6.07) is 9.61. The van der Waals surface area contributed by atoms with Gasteiger partial charge in [0.2, 0.25) is 0 Å². The summed E-state index contributed by atoms with van der Waals surface area (Å²) in [6.45, 7) is 0.281. The van der Waals surface area contributed by atoms with E-state index in [1.54, 1.807) is 6.20 Å². The third-order valence-corrected chi connectivity index (χ3v) is 2.95. The Kier molecular flexibility index (Phi) is 3.74. The van der Waals surface area contributed by atoms with Crippen LogP contribution in [0.3, 0.4) is 0 Å². The van der Waals surface area contributed by atoms with Crippen LogP contribution in [0.1, 0.15) is 0 Å². The van der Waals surface area contributed by atoms with Crippen LogP contribution in [0.4, 0.5) is 0 Å². The number of benzene rings is 1. The lowest BCUT2D eigenvalue weighted by Crippen LogP contribution is -2.18. The summed E-state index contributed by atoms with van der Waals surface area (Å²) in [5, 5.41) is 10.9. The summed E-state index contributed by atoms with van der Waals surface area (Å²) in [4.78, 5) is 4.24. The van der Waals surface area contributed by atoms with Crippen LogP contribution in [0.2, 0.25) is 0 Å². The predicted molar refractivity (Wildman–Crippen MR) is 67.0 cm³/mol. The molecule has 2 aromatic rings. The van der Waals surface area contributed by atoms with Crippen LogP contribution in [0.25, 0.3) is 10.9 Å². The highest BCUT2D eigenvalue weighted by molar-refractivity contribution is 9.09. The number of hydrogen-bond acceptors (Lipinski definition) is 3. The molecule has 16 heavy (non-hydrogen) atoms. The first kappa shape index (κ1) is 11.4. The molecule has 0 aliphatic rings. The van der Waals surface area contributed by atoms with Gasteiger partial charge in [0, 0.05) is 23.0 Å². The second-order valence-electron chi connectivity index (χ2n) is 3.48. The van der Waals surface area contributed by atoms with E-state index in [4.69, 9.17) is 4.74 Å². The monoisotopic (exact) mass is 281 g/mol. The first-order chi connectivity index (χ1) is 7.79.